The van der Waals surface area contributed by atoms with Crippen LogP contribution in [0.25, 0.3) is 0 Å². The molecule has 1 fully saturated rings. The van der Waals surface area contributed by atoms with Crippen molar-refractivity contribution in [2.24, 2.45) is 0 Å². The zero-order valence-corrected chi connectivity index (χ0v) is 20.2. The topological polar surface area (TPSA) is 91.0 Å². The normalized spacial score (nSPS) is 14.8. The Morgan fingerprint density at radius 2 is 1.84 bits per heavy atom. The number of nitrogens with one attached hydrogen (secondary N) is 2. The minimum Gasteiger partial charge on any atom is -0.379 e. The Labute approximate surface area is 198 Å². The average molecular weight is 501 g/mol. The maximum absolute atomic E-state index is 12.9. The van der Waals surface area contributed by atoms with Crippen molar-refractivity contribution in [3.63, 3.8) is 0 Å². The molecule has 3 rings (SSSR count). The lowest BCUT2D eigenvalue weighted by Gasteiger charge is -2.26. The van der Waals surface area contributed by atoms with E-state index in [1.807, 2.05) is 14.1 Å². The first-order chi connectivity index (χ1) is 15.2. The Balaban J connectivity index is 1.77. The lowest BCUT2D eigenvalue weighted by Crippen LogP contribution is -2.41. The van der Waals surface area contributed by atoms with Gasteiger partial charge in [-0.05, 0) is 36.4 Å². The smallest absolute Gasteiger partial charge is 0.263 e. The molecule has 2 aromatic carbocycles. The van der Waals surface area contributed by atoms with Gasteiger partial charge in [0.2, 0.25) is 0 Å². The fourth-order valence-electron chi connectivity index (χ4n) is 3.31. The monoisotopic (exact) mass is 500 g/mol. The second-order valence-corrected chi connectivity index (χ2v) is 10.0. The molecule has 0 bridgehead atoms. The van der Waals surface area contributed by atoms with E-state index < -0.39 is 10.0 Å². The summed E-state index contributed by atoms with van der Waals surface area (Å²) >= 11 is 12.0. The molecule has 1 amide bonds. The van der Waals surface area contributed by atoms with Crippen LogP contribution in [0.5, 0.6) is 0 Å². The number of carbonyl (C=O) groups excluding carboxylic acids is 1. The lowest BCUT2D eigenvalue weighted by atomic mass is 10.1. The molecule has 0 radical (unpaired) electrons. The minimum atomic E-state index is -4.00. The van der Waals surface area contributed by atoms with Crippen LogP contribution in [-0.2, 0) is 14.8 Å². The van der Waals surface area contributed by atoms with E-state index in [-0.39, 0.29) is 26.5 Å². The second-order valence-electron chi connectivity index (χ2n) is 7.52. The zero-order chi connectivity index (χ0) is 23.3. The van der Waals surface area contributed by atoms with Gasteiger partial charge in [-0.1, -0.05) is 23.2 Å². The summed E-state index contributed by atoms with van der Waals surface area (Å²) in [6.07, 6.45) is 0. The number of anilines is 2. The molecule has 1 aliphatic heterocycles. The highest BCUT2D eigenvalue weighted by atomic mass is 35.5. The maximum atomic E-state index is 12.9. The lowest BCUT2D eigenvalue weighted by molar-refractivity contribution is 0.0383. The van der Waals surface area contributed by atoms with E-state index in [1.54, 1.807) is 17.0 Å². The number of sulfonamides is 1. The van der Waals surface area contributed by atoms with Crippen LogP contribution in [0.1, 0.15) is 10.4 Å². The molecule has 1 aliphatic rings. The molecule has 2 N–H and O–H groups in total. The van der Waals surface area contributed by atoms with Crippen LogP contribution in [0.2, 0.25) is 10.0 Å². The van der Waals surface area contributed by atoms with Gasteiger partial charge in [0.05, 0.1) is 23.8 Å². The number of hydrogen-bond donors (Lipinski definition) is 2. The van der Waals surface area contributed by atoms with Crippen LogP contribution in [0.4, 0.5) is 11.4 Å². The van der Waals surface area contributed by atoms with Crippen LogP contribution >= 0.6 is 23.2 Å². The number of nitrogens with zero attached hydrogens (tertiary/aromatic N) is 2. The summed E-state index contributed by atoms with van der Waals surface area (Å²) in [6.45, 7) is 4.24. The summed E-state index contributed by atoms with van der Waals surface area (Å²) in [5.41, 5.74) is 1.26. The molecule has 1 heterocycles. The quantitative estimate of drug-likeness (QED) is 0.578. The first kappa shape index (κ1) is 24.6. The Bertz CT molecular complexity index is 1070. The van der Waals surface area contributed by atoms with E-state index in [0.29, 0.717) is 37.6 Å². The van der Waals surface area contributed by atoms with Crippen molar-refractivity contribution in [2.75, 3.05) is 63.1 Å². The fraction of sp³-hybridized carbons (Fsp3) is 0.381. The summed E-state index contributed by atoms with van der Waals surface area (Å²) in [4.78, 5) is 16.8. The standard InChI is InChI=1S/C21H26Cl2N4O4S/c1-26(2)19-6-4-16(25-32(29,30)20-13-15(22)3-5-18(20)23)14-17(19)21(28)24-7-8-27-9-11-31-12-10-27/h3-6,13-14,25H,7-12H2,1-2H3,(H,24,28). The number of amides is 1. The molecule has 0 unspecified atom stereocenters. The Morgan fingerprint density at radius 1 is 1.12 bits per heavy atom. The van der Waals surface area contributed by atoms with Gasteiger partial charge < -0.3 is 15.0 Å². The third-order valence-corrected chi connectivity index (χ3v) is 7.07. The third kappa shape index (κ3) is 6.26. The highest BCUT2D eigenvalue weighted by Gasteiger charge is 2.21. The second kappa shape index (κ2) is 10.7. The highest BCUT2D eigenvalue weighted by molar-refractivity contribution is 7.92. The first-order valence-electron chi connectivity index (χ1n) is 10.0. The van der Waals surface area contributed by atoms with E-state index >= 15 is 0 Å². The number of rotatable bonds is 8. The van der Waals surface area contributed by atoms with Crippen molar-refractivity contribution < 1.29 is 17.9 Å². The fourth-order valence-corrected chi connectivity index (χ4v) is 5.13. The Hall–Kier alpha value is -2.04. The number of benzene rings is 2. The first-order valence-corrected chi connectivity index (χ1v) is 12.3. The van der Waals surface area contributed by atoms with Gasteiger partial charge in [0, 0.05) is 56.7 Å². The summed E-state index contributed by atoms with van der Waals surface area (Å²) in [6, 6.07) is 8.99. The van der Waals surface area contributed by atoms with Gasteiger partial charge in [-0.3, -0.25) is 14.4 Å². The van der Waals surface area contributed by atoms with Crippen molar-refractivity contribution >= 4 is 50.5 Å². The maximum Gasteiger partial charge on any atom is 0.263 e. The van der Waals surface area contributed by atoms with Crippen molar-refractivity contribution in [2.45, 2.75) is 4.90 Å². The average Bonchev–Trinajstić information content (AvgIpc) is 2.75. The number of morpholine rings is 1. The minimum absolute atomic E-state index is 0.0490. The van der Waals surface area contributed by atoms with Gasteiger partial charge >= 0.3 is 0 Å². The van der Waals surface area contributed by atoms with Crippen LogP contribution < -0.4 is 14.9 Å². The van der Waals surface area contributed by atoms with Crippen LogP contribution in [-0.4, -0.2) is 72.7 Å². The molecule has 0 saturated carbocycles. The number of halogens is 2. The zero-order valence-electron chi connectivity index (χ0n) is 17.9. The van der Waals surface area contributed by atoms with Gasteiger partial charge in [-0.2, -0.15) is 0 Å². The predicted molar refractivity (Wildman–Crippen MR) is 128 cm³/mol. The van der Waals surface area contributed by atoms with Crippen molar-refractivity contribution in [3.05, 3.63) is 52.0 Å². The van der Waals surface area contributed by atoms with Gasteiger partial charge in [0.1, 0.15) is 4.90 Å². The van der Waals surface area contributed by atoms with Gasteiger partial charge in [0.15, 0.2) is 0 Å². The van der Waals surface area contributed by atoms with E-state index in [2.05, 4.69) is 14.9 Å². The molecule has 0 aliphatic carbocycles. The van der Waals surface area contributed by atoms with Crippen molar-refractivity contribution in [3.8, 4) is 0 Å². The molecule has 0 atom stereocenters. The largest absolute Gasteiger partial charge is 0.379 e. The van der Waals surface area contributed by atoms with Crippen molar-refractivity contribution in [1.82, 2.24) is 10.2 Å². The molecule has 0 aromatic heterocycles. The molecule has 32 heavy (non-hydrogen) atoms. The Morgan fingerprint density at radius 3 is 2.53 bits per heavy atom. The van der Waals surface area contributed by atoms with Gasteiger partial charge in [0.25, 0.3) is 15.9 Å². The molecule has 8 nitrogen and oxygen atoms in total. The number of hydrogen-bond acceptors (Lipinski definition) is 6. The molecule has 174 valence electrons. The van der Waals surface area contributed by atoms with Crippen LogP contribution in [0.15, 0.2) is 41.3 Å². The Kier molecular flexibility index (Phi) is 8.24. The molecule has 2 aromatic rings. The van der Waals surface area contributed by atoms with Crippen LogP contribution in [0, 0.1) is 0 Å². The summed E-state index contributed by atoms with van der Waals surface area (Å²) < 4.78 is 33.5. The van der Waals surface area contributed by atoms with E-state index in [4.69, 9.17) is 27.9 Å². The SMILES string of the molecule is CN(C)c1ccc(NS(=O)(=O)c2cc(Cl)ccc2Cl)cc1C(=O)NCCN1CCOCC1. The summed E-state index contributed by atoms with van der Waals surface area (Å²) in [5, 5.41) is 3.21. The van der Waals surface area contributed by atoms with E-state index in [9.17, 15) is 13.2 Å². The molecule has 1 saturated heterocycles. The molecular formula is C21H26Cl2N4O4S. The van der Waals surface area contributed by atoms with E-state index in [1.165, 1.54) is 24.3 Å². The third-order valence-electron chi connectivity index (χ3n) is 4.98. The van der Waals surface area contributed by atoms with Gasteiger partial charge in [-0.25, -0.2) is 8.42 Å². The highest BCUT2D eigenvalue weighted by Crippen LogP contribution is 2.29. The predicted octanol–water partition coefficient (Wildman–Crippen LogP) is 2.92. The number of carbonyl (C=O) groups is 1. The van der Waals surface area contributed by atoms with E-state index in [0.717, 1.165) is 13.1 Å². The molecule has 0 spiro atoms. The number of ether oxygens (including phenoxy) is 1. The van der Waals surface area contributed by atoms with Gasteiger partial charge in [-0.15, -0.1) is 0 Å². The molecular weight excluding hydrogens is 475 g/mol. The van der Waals surface area contributed by atoms with Crippen LogP contribution in [0.3, 0.4) is 0 Å². The molecule has 11 heteroatoms. The van der Waals surface area contributed by atoms with Crippen molar-refractivity contribution in [1.29, 1.82) is 0 Å². The summed E-state index contributed by atoms with van der Waals surface area (Å²) in [5.74, 6) is -0.288. The summed E-state index contributed by atoms with van der Waals surface area (Å²) in [7, 11) is -0.374.